The molecular formula is C21H25N3O2S. The van der Waals surface area contributed by atoms with E-state index in [4.69, 9.17) is 4.98 Å². The average molecular weight is 384 g/mol. The molecule has 2 aromatic carbocycles. The topological polar surface area (TPSA) is 62.3 Å². The molecule has 3 rings (SSSR count). The van der Waals surface area contributed by atoms with Gasteiger partial charge in [0.2, 0.25) is 10.0 Å². The number of aryl methyl sites for hydroxylation is 1. The van der Waals surface area contributed by atoms with Crippen molar-refractivity contribution in [3.63, 3.8) is 0 Å². The van der Waals surface area contributed by atoms with Gasteiger partial charge in [0, 0.05) is 30.4 Å². The number of hydrogen-bond acceptors (Lipinski definition) is 4. The van der Waals surface area contributed by atoms with Gasteiger partial charge >= 0.3 is 0 Å². The number of sulfonamides is 1. The van der Waals surface area contributed by atoms with Crippen molar-refractivity contribution in [2.75, 3.05) is 22.9 Å². The fourth-order valence-corrected chi connectivity index (χ4v) is 3.48. The molecule has 3 aromatic rings. The van der Waals surface area contributed by atoms with E-state index in [1.807, 2.05) is 42.5 Å². The smallest absolute Gasteiger partial charge is 0.231 e. The second-order valence-electron chi connectivity index (χ2n) is 6.68. The average Bonchev–Trinajstić information content (AvgIpc) is 2.65. The first-order valence-corrected chi connectivity index (χ1v) is 10.9. The zero-order chi connectivity index (χ0) is 19.4. The van der Waals surface area contributed by atoms with Crippen molar-refractivity contribution in [3.05, 3.63) is 65.9 Å². The molecule has 0 radical (unpaired) electrons. The molecule has 1 aromatic heterocycles. The zero-order valence-electron chi connectivity index (χ0n) is 15.9. The van der Waals surface area contributed by atoms with Gasteiger partial charge in [-0.15, -0.1) is 0 Å². The van der Waals surface area contributed by atoms with Crippen LogP contribution in [0.25, 0.3) is 10.9 Å². The molecule has 0 aliphatic rings. The molecular weight excluding hydrogens is 358 g/mol. The number of hydrogen-bond donors (Lipinski definition) is 1. The Morgan fingerprint density at radius 1 is 1.07 bits per heavy atom. The van der Waals surface area contributed by atoms with E-state index in [9.17, 15) is 8.42 Å². The number of pyridine rings is 1. The summed E-state index contributed by atoms with van der Waals surface area (Å²) in [7, 11) is -1.69. The second kappa shape index (κ2) is 7.96. The molecule has 1 heterocycles. The quantitative estimate of drug-likeness (QED) is 0.664. The summed E-state index contributed by atoms with van der Waals surface area (Å²) in [6, 6.07) is 17.8. The molecule has 0 bridgehead atoms. The van der Waals surface area contributed by atoms with Gasteiger partial charge in [-0.3, -0.25) is 9.29 Å². The lowest BCUT2D eigenvalue weighted by Gasteiger charge is -2.17. The van der Waals surface area contributed by atoms with Gasteiger partial charge in [-0.2, -0.15) is 0 Å². The number of benzene rings is 2. The highest BCUT2D eigenvalue weighted by molar-refractivity contribution is 7.92. The molecule has 5 nitrogen and oxygen atoms in total. The van der Waals surface area contributed by atoms with Gasteiger partial charge in [0.1, 0.15) is 0 Å². The maximum Gasteiger partial charge on any atom is 0.231 e. The number of aromatic nitrogens is 1. The largest absolute Gasteiger partial charge is 0.380 e. The third kappa shape index (κ3) is 4.57. The van der Waals surface area contributed by atoms with Crippen LogP contribution in [0.3, 0.4) is 0 Å². The van der Waals surface area contributed by atoms with Crippen molar-refractivity contribution < 1.29 is 8.42 Å². The van der Waals surface area contributed by atoms with E-state index >= 15 is 0 Å². The highest BCUT2D eigenvalue weighted by atomic mass is 32.2. The van der Waals surface area contributed by atoms with Crippen molar-refractivity contribution in [1.29, 1.82) is 0 Å². The molecule has 0 aliphatic carbocycles. The van der Waals surface area contributed by atoms with E-state index in [-0.39, 0.29) is 0 Å². The lowest BCUT2D eigenvalue weighted by Crippen LogP contribution is -2.24. The number of nitrogens with zero attached hydrogens (tertiary/aromatic N) is 2. The van der Waals surface area contributed by atoms with Crippen molar-refractivity contribution in [2.24, 2.45) is 0 Å². The highest BCUT2D eigenvalue weighted by Gasteiger charge is 2.11. The fraction of sp³-hybridized carbons (Fsp3) is 0.286. The summed E-state index contributed by atoms with van der Waals surface area (Å²) in [5.41, 5.74) is 4.89. The zero-order valence-corrected chi connectivity index (χ0v) is 16.8. The van der Waals surface area contributed by atoms with Gasteiger partial charge < -0.3 is 5.32 Å². The predicted octanol–water partition coefficient (Wildman–Crippen LogP) is 4.20. The molecule has 0 aliphatic heterocycles. The Morgan fingerprint density at radius 3 is 2.44 bits per heavy atom. The molecule has 0 spiro atoms. The molecule has 0 unspecified atom stereocenters. The Hall–Kier alpha value is -2.60. The second-order valence-corrected chi connectivity index (χ2v) is 8.69. The first-order valence-electron chi connectivity index (χ1n) is 9.04. The number of para-hydroxylation sites is 1. The monoisotopic (exact) mass is 383 g/mol. The summed E-state index contributed by atoms with van der Waals surface area (Å²) < 4.78 is 24.6. The Balaban J connectivity index is 1.80. The Morgan fingerprint density at radius 2 is 1.78 bits per heavy atom. The van der Waals surface area contributed by atoms with E-state index in [0.717, 1.165) is 40.7 Å². The SMILES string of the molecule is CCCc1cc(NCc2ccc(N(C)S(C)(=O)=O)cc2)c2ccccc2n1. The minimum atomic E-state index is -3.25. The predicted molar refractivity (Wildman–Crippen MR) is 113 cm³/mol. The Labute approximate surface area is 161 Å². The van der Waals surface area contributed by atoms with E-state index in [0.29, 0.717) is 12.2 Å². The van der Waals surface area contributed by atoms with Crippen LogP contribution in [0.1, 0.15) is 24.6 Å². The summed E-state index contributed by atoms with van der Waals surface area (Å²) in [4.78, 5) is 4.73. The van der Waals surface area contributed by atoms with Crippen LogP contribution in [0.2, 0.25) is 0 Å². The summed E-state index contributed by atoms with van der Waals surface area (Å²) in [5, 5.41) is 4.61. The first-order chi connectivity index (χ1) is 12.9. The van der Waals surface area contributed by atoms with Crippen LogP contribution in [0.5, 0.6) is 0 Å². The van der Waals surface area contributed by atoms with Crippen molar-refractivity contribution >= 4 is 32.3 Å². The van der Waals surface area contributed by atoms with Crippen molar-refractivity contribution in [3.8, 4) is 0 Å². The van der Waals surface area contributed by atoms with E-state index in [2.05, 4.69) is 24.4 Å². The minimum absolute atomic E-state index is 0.654. The van der Waals surface area contributed by atoms with Crippen LogP contribution < -0.4 is 9.62 Å². The van der Waals surface area contributed by atoms with Crippen molar-refractivity contribution in [1.82, 2.24) is 4.98 Å². The van der Waals surface area contributed by atoms with Gasteiger partial charge in [-0.1, -0.05) is 43.7 Å². The van der Waals surface area contributed by atoms with Gasteiger partial charge in [-0.25, -0.2) is 8.42 Å². The summed E-state index contributed by atoms with van der Waals surface area (Å²) in [5.74, 6) is 0. The van der Waals surface area contributed by atoms with Gasteiger partial charge in [-0.05, 0) is 36.2 Å². The van der Waals surface area contributed by atoms with Gasteiger partial charge in [0.05, 0.1) is 17.5 Å². The molecule has 1 N–H and O–H groups in total. The van der Waals surface area contributed by atoms with Crippen LogP contribution in [-0.4, -0.2) is 26.7 Å². The summed E-state index contributed by atoms with van der Waals surface area (Å²) >= 11 is 0. The van der Waals surface area contributed by atoms with E-state index in [1.54, 1.807) is 7.05 Å². The lowest BCUT2D eigenvalue weighted by molar-refractivity contribution is 0.600. The number of anilines is 2. The minimum Gasteiger partial charge on any atom is -0.380 e. The van der Waals surface area contributed by atoms with E-state index < -0.39 is 10.0 Å². The molecule has 6 heteroatoms. The van der Waals surface area contributed by atoms with Crippen molar-refractivity contribution in [2.45, 2.75) is 26.3 Å². The molecule has 0 amide bonds. The molecule has 0 saturated heterocycles. The third-order valence-electron chi connectivity index (χ3n) is 4.56. The lowest BCUT2D eigenvalue weighted by atomic mass is 10.1. The maximum absolute atomic E-state index is 11.6. The highest BCUT2D eigenvalue weighted by Crippen LogP contribution is 2.25. The number of fused-ring (bicyclic) bond motifs is 1. The van der Waals surface area contributed by atoms with Crippen LogP contribution in [0.4, 0.5) is 11.4 Å². The normalized spacial score (nSPS) is 11.5. The Kier molecular flexibility index (Phi) is 5.65. The third-order valence-corrected chi connectivity index (χ3v) is 5.76. The number of nitrogens with one attached hydrogen (secondary N) is 1. The standard InChI is InChI=1S/C21H25N3O2S/c1-4-7-17-14-21(19-8-5-6-9-20(19)23-17)22-15-16-10-12-18(13-11-16)24(2)27(3,25)26/h5-6,8-14H,4,7,15H2,1-3H3,(H,22,23). The molecule has 142 valence electrons. The molecule has 27 heavy (non-hydrogen) atoms. The number of rotatable bonds is 7. The molecule has 0 saturated carbocycles. The fourth-order valence-electron chi connectivity index (χ4n) is 2.97. The first kappa shape index (κ1) is 19.2. The van der Waals surface area contributed by atoms with Crippen LogP contribution in [0.15, 0.2) is 54.6 Å². The van der Waals surface area contributed by atoms with Crippen LogP contribution in [0, 0.1) is 0 Å². The van der Waals surface area contributed by atoms with Crippen LogP contribution in [-0.2, 0) is 23.0 Å². The molecule has 0 fully saturated rings. The van der Waals surface area contributed by atoms with Gasteiger partial charge in [0.25, 0.3) is 0 Å². The maximum atomic E-state index is 11.6. The summed E-state index contributed by atoms with van der Waals surface area (Å²) in [6.45, 7) is 2.81. The summed E-state index contributed by atoms with van der Waals surface area (Å²) in [6.07, 6.45) is 3.21. The van der Waals surface area contributed by atoms with E-state index in [1.165, 1.54) is 10.6 Å². The Bertz CT molecular complexity index is 1030. The van der Waals surface area contributed by atoms with Crippen LogP contribution >= 0.6 is 0 Å². The van der Waals surface area contributed by atoms with Gasteiger partial charge in [0.15, 0.2) is 0 Å². The molecule has 0 atom stereocenters.